The smallest absolute Gasteiger partial charge is 0.144 e. The highest BCUT2D eigenvalue weighted by Crippen LogP contribution is 2.43. The van der Waals surface area contributed by atoms with Gasteiger partial charge in [0.15, 0.2) is 0 Å². The number of ether oxygens (including phenoxy) is 3. The lowest BCUT2D eigenvalue weighted by atomic mass is 9.80. The summed E-state index contributed by atoms with van der Waals surface area (Å²) in [7, 11) is 0. The number of aliphatic hydroxyl groups excluding tert-OH is 1. The van der Waals surface area contributed by atoms with Crippen molar-refractivity contribution in [2.24, 2.45) is 0 Å². The van der Waals surface area contributed by atoms with E-state index >= 15 is 0 Å². The molecule has 1 aromatic rings. The van der Waals surface area contributed by atoms with E-state index in [9.17, 15) is 15.2 Å². The van der Waals surface area contributed by atoms with Gasteiger partial charge in [0, 0.05) is 11.6 Å². The van der Waals surface area contributed by atoms with Crippen molar-refractivity contribution < 1.29 is 24.1 Å². The topological polar surface area (TPSA) is 101 Å². The summed E-state index contributed by atoms with van der Waals surface area (Å²) in [5, 5.41) is 23.8. The molecule has 0 aliphatic carbocycles. The molecular weight excluding hydrogens is 372 g/mol. The summed E-state index contributed by atoms with van der Waals surface area (Å²) in [6.07, 6.45) is 3.12. The Morgan fingerprint density at radius 2 is 2.14 bits per heavy atom. The first-order chi connectivity index (χ1) is 14.0. The zero-order valence-corrected chi connectivity index (χ0v) is 17.1. The molecule has 0 spiro atoms. The van der Waals surface area contributed by atoms with Gasteiger partial charge in [0.2, 0.25) is 0 Å². The molecule has 0 saturated heterocycles. The van der Waals surface area contributed by atoms with Crippen LogP contribution in [0.15, 0.2) is 36.3 Å². The summed E-state index contributed by atoms with van der Waals surface area (Å²) in [5.41, 5.74) is 0.505. The van der Waals surface area contributed by atoms with Gasteiger partial charge >= 0.3 is 0 Å². The van der Waals surface area contributed by atoms with Crippen LogP contribution in [0.1, 0.15) is 50.8 Å². The molecule has 0 radical (unpaired) electrons. The molecule has 2 N–H and O–H groups in total. The highest BCUT2D eigenvalue weighted by atomic mass is 16.5. The van der Waals surface area contributed by atoms with Crippen LogP contribution in [-0.4, -0.2) is 42.5 Å². The maximum absolute atomic E-state index is 11.2. The van der Waals surface area contributed by atoms with E-state index in [2.05, 4.69) is 11.4 Å². The lowest BCUT2D eigenvalue weighted by molar-refractivity contribution is -0.0921. The molecular formula is C22H28N2O5. The Balaban J connectivity index is 2.30. The summed E-state index contributed by atoms with van der Waals surface area (Å²) in [6, 6.07) is 6.91. The Bertz CT molecular complexity index is 804. The van der Waals surface area contributed by atoms with Crippen LogP contribution in [0.5, 0.6) is 5.75 Å². The first-order valence-corrected chi connectivity index (χ1v) is 9.82. The fourth-order valence-electron chi connectivity index (χ4n) is 3.49. The Labute approximate surface area is 171 Å². The molecule has 2 atom stereocenters. The maximum atomic E-state index is 11.2. The predicted octanol–water partition coefficient (Wildman–Crippen LogP) is 2.78. The quantitative estimate of drug-likeness (QED) is 0.354. The Morgan fingerprint density at radius 3 is 2.76 bits per heavy atom. The van der Waals surface area contributed by atoms with E-state index in [-0.39, 0.29) is 6.61 Å². The monoisotopic (exact) mass is 400 g/mol. The van der Waals surface area contributed by atoms with E-state index in [4.69, 9.17) is 14.2 Å². The van der Waals surface area contributed by atoms with Gasteiger partial charge in [-0.2, -0.15) is 5.26 Å². The lowest BCUT2D eigenvalue weighted by Crippen LogP contribution is -2.55. The largest absolute Gasteiger partial charge is 0.494 e. The fourth-order valence-corrected chi connectivity index (χ4v) is 3.49. The zero-order chi connectivity index (χ0) is 21.3. The minimum Gasteiger partial charge on any atom is -0.494 e. The predicted molar refractivity (Wildman–Crippen MR) is 108 cm³/mol. The summed E-state index contributed by atoms with van der Waals surface area (Å²) >= 11 is 0. The highest BCUT2D eigenvalue weighted by Gasteiger charge is 2.47. The number of carbonyl (C=O) groups excluding carboxylic acids is 1. The molecule has 1 aliphatic heterocycles. The van der Waals surface area contributed by atoms with Crippen LogP contribution in [0.4, 0.5) is 0 Å². The van der Waals surface area contributed by atoms with Gasteiger partial charge in [0.1, 0.15) is 42.0 Å². The van der Waals surface area contributed by atoms with Gasteiger partial charge in [0.05, 0.1) is 30.8 Å². The third-order valence-electron chi connectivity index (χ3n) is 5.14. The number of fused-ring (bicyclic) bond motifs is 1. The standard InChI is InChI=1S/C22H28N2O5/c1-4-22(5-2)21(26)20(18-12-16(13-23)8-9-19(18)29-22)24-14-17(28-6-3)15-27-11-7-10-25/h7-9,12,15,20-21,24,26H,4-6,11,14H2,1-3H3/t20-,21+/m0/s1. The van der Waals surface area contributed by atoms with Crippen LogP contribution in [-0.2, 0) is 14.3 Å². The lowest BCUT2D eigenvalue weighted by Gasteiger charge is -2.46. The second-order valence-corrected chi connectivity index (χ2v) is 6.71. The number of nitrogens with one attached hydrogen (secondary N) is 1. The first kappa shape index (κ1) is 22.5. The number of nitriles is 1. The number of benzene rings is 1. The van der Waals surface area contributed by atoms with E-state index in [1.54, 1.807) is 24.1 Å². The van der Waals surface area contributed by atoms with Crippen molar-refractivity contribution in [2.45, 2.75) is 51.4 Å². The second kappa shape index (κ2) is 10.7. The molecule has 7 nitrogen and oxygen atoms in total. The van der Waals surface area contributed by atoms with Crippen LogP contribution in [0.3, 0.4) is 0 Å². The van der Waals surface area contributed by atoms with Crippen molar-refractivity contribution in [1.29, 1.82) is 5.26 Å². The third kappa shape index (κ3) is 5.18. The number of hydrogen-bond acceptors (Lipinski definition) is 7. The molecule has 156 valence electrons. The van der Waals surface area contributed by atoms with Crippen molar-refractivity contribution in [1.82, 2.24) is 5.32 Å². The second-order valence-electron chi connectivity index (χ2n) is 6.71. The summed E-state index contributed by atoms with van der Waals surface area (Å²) in [4.78, 5) is 10.2. The molecule has 1 heterocycles. The van der Waals surface area contributed by atoms with Crippen LogP contribution < -0.4 is 10.1 Å². The van der Waals surface area contributed by atoms with Crippen LogP contribution in [0.2, 0.25) is 0 Å². The molecule has 0 amide bonds. The van der Waals surface area contributed by atoms with Gasteiger partial charge < -0.3 is 24.6 Å². The van der Waals surface area contributed by atoms with Gasteiger partial charge in [0.25, 0.3) is 0 Å². The van der Waals surface area contributed by atoms with Gasteiger partial charge in [-0.1, -0.05) is 13.8 Å². The molecule has 7 heteroatoms. The molecule has 0 aromatic heterocycles. The van der Waals surface area contributed by atoms with E-state index < -0.39 is 17.7 Å². The van der Waals surface area contributed by atoms with Crippen molar-refractivity contribution in [3.8, 4) is 11.8 Å². The van der Waals surface area contributed by atoms with Crippen molar-refractivity contribution in [3.05, 3.63) is 47.4 Å². The molecule has 29 heavy (non-hydrogen) atoms. The number of hydrogen-bond donors (Lipinski definition) is 2. The van der Waals surface area contributed by atoms with Gasteiger partial charge in [-0.25, -0.2) is 4.79 Å². The zero-order valence-electron chi connectivity index (χ0n) is 17.1. The van der Waals surface area contributed by atoms with E-state index in [0.717, 1.165) is 5.56 Å². The average Bonchev–Trinajstić information content (AvgIpc) is 2.75. The average molecular weight is 400 g/mol. The van der Waals surface area contributed by atoms with Crippen LogP contribution in [0, 0.1) is 11.3 Å². The Kier molecular flexibility index (Phi) is 8.29. The molecule has 0 saturated carbocycles. The van der Waals surface area contributed by atoms with Crippen molar-refractivity contribution in [2.75, 3.05) is 19.8 Å². The first-order valence-electron chi connectivity index (χ1n) is 9.82. The minimum atomic E-state index is -0.819. The van der Waals surface area contributed by atoms with E-state index in [1.807, 2.05) is 20.8 Å². The Hall–Kier alpha value is -2.78. The highest BCUT2D eigenvalue weighted by molar-refractivity contribution is 5.46. The van der Waals surface area contributed by atoms with Crippen LogP contribution in [0.25, 0.3) is 0 Å². The van der Waals surface area contributed by atoms with Gasteiger partial charge in [-0.05, 0) is 38.0 Å². The molecule has 1 aliphatic rings. The molecule has 0 bridgehead atoms. The summed E-state index contributed by atoms with van der Waals surface area (Å²) in [5.74, 6) is 2.83. The maximum Gasteiger partial charge on any atom is 0.144 e. The summed E-state index contributed by atoms with van der Waals surface area (Å²) < 4.78 is 17.0. The Morgan fingerprint density at radius 1 is 1.38 bits per heavy atom. The van der Waals surface area contributed by atoms with Crippen LogP contribution >= 0.6 is 0 Å². The number of nitrogens with zero attached hydrogens (tertiary/aromatic N) is 1. The number of aliphatic hydroxyl groups is 1. The van der Waals surface area contributed by atoms with E-state index in [1.165, 1.54) is 12.3 Å². The minimum absolute atomic E-state index is 0.100. The molecule has 0 unspecified atom stereocenters. The molecule has 1 aromatic carbocycles. The van der Waals surface area contributed by atoms with Gasteiger partial charge in [-0.15, -0.1) is 0 Å². The molecule has 2 rings (SSSR count). The summed E-state index contributed by atoms with van der Waals surface area (Å²) in [6.45, 7) is 6.66. The number of rotatable bonds is 10. The third-order valence-corrected chi connectivity index (χ3v) is 5.14. The van der Waals surface area contributed by atoms with Crippen molar-refractivity contribution >= 4 is 5.94 Å². The van der Waals surface area contributed by atoms with Crippen molar-refractivity contribution in [3.63, 3.8) is 0 Å². The van der Waals surface area contributed by atoms with E-state index in [0.29, 0.717) is 43.1 Å². The normalized spacial score (nSPS) is 19.9. The SMILES string of the molecule is CCOC(=COCC=C=O)CN[C@H]1c2cc(C#N)ccc2OC(CC)(CC)[C@@H]1O. The fraction of sp³-hybridized carbons (Fsp3) is 0.500. The van der Waals surface area contributed by atoms with Gasteiger partial charge in [-0.3, -0.25) is 0 Å². The molecule has 0 fully saturated rings.